The molecule has 1 aliphatic heterocycles. The highest BCUT2D eigenvalue weighted by molar-refractivity contribution is 7.88. The summed E-state index contributed by atoms with van der Waals surface area (Å²) in [7, 11) is -3.41. The van der Waals surface area contributed by atoms with Gasteiger partial charge in [0.25, 0.3) is 0 Å². The summed E-state index contributed by atoms with van der Waals surface area (Å²) in [6.07, 6.45) is 0.724. The monoisotopic (exact) mass is 425 g/mol. The molecule has 0 saturated carbocycles. The lowest BCUT2D eigenvalue weighted by atomic mass is 10.2. The molecular formula is C20H25ClFN3O2S. The zero-order chi connectivity index (χ0) is 20.0. The summed E-state index contributed by atoms with van der Waals surface area (Å²) in [6.45, 7) is 4.39. The van der Waals surface area contributed by atoms with Crippen molar-refractivity contribution in [1.82, 2.24) is 9.62 Å². The predicted molar refractivity (Wildman–Crippen MR) is 112 cm³/mol. The standard InChI is InChI=1S/C20H25ClFN3O2S/c21-18-7-2-1-6-17(18)16-28(26,27)23-10-5-11-24-12-14-25(15-13-24)20-9-4-3-8-19(20)22/h1-4,6-9,23H,5,10-16H2. The molecule has 28 heavy (non-hydrogen) atoms. The van der Waals surface area contributed by atoms with Crippen LogP contribution in [0.1, 0.15) is 12.0 Å². The van der Waals surface area contributed by atoms with E-state index in [1.807, 2.05) is 6.07 Å². The molecular weight excluding hydrogens is 401 g/mol. The molecule has 0 aliphatic carbocycles. The van der Waals surface area contributed by atoms with Gasteiger partial charge in [0, 0.05) is 37.7 Å². The third-order valence-corrected chi connectivity index (χ3v) is 6.55. The topological polar surface area (TPSA) is 52.7 Å². The first-order valence-electron chi connectivity index (χ1n) is 9.37. The van der Waals surface area contributed by atoms with Gasteiger partial charge in [0.15, 0.2) is 0 Å². The van der Waals surface area contributed by atoms with E-state index >= 15 is 0 Å². The van der Waals surface area contributed by atoms with E-state index in [0.29, 0.717) is 22.8 Å². The van der Waals surface area contributed by atoms with E-state index in [-0.39, 0.29) is 11.6 Å². The van der Waals surface area contributed by atoms with Crippen molar-refractivity contribution in [2.24, 2.45) is 0 Å². The van der Waals surface area contributed by atoms with Crippen LogP contribution in [-0.2, 0) is 15.8 Å². The number of benzene rings is 2. The maximum atomic E-state index is 13.9. The number of hydrogen-bond donors (Lipinski definition) is 1. The molecule has 1 aliphatic rings. The fourth-order valence-corrected chi connectivity index (χ4v) is 4.82. The molecule has 5 nitrogen and oxygen atoms in total. The number of sulfonamides is 1. The van der Waals surface area contributed by atoms with E-state index in [0.717, 1.165) is 39.1 Å². The lowest BCUT2D eigenvalue weighted by Crippen LogP contribution is -2.47. The number of anilines is 1. The highest BCUT2D eigenvalue weighted by atomic mass is 35.5. The van der Waals surface area contributed by atoms with Crippen LogP contribution in [0.25, 0.3) is 0 Å². The molecule has 2 aromatic rings. The number of rotatable bonds is 8. The van der Waals surface area contributed by atoms with Gasteiger partial charge in [0.2, 0.25) is 10.0 Å². The Bertz CT molecular complexity index is 887. The molecule has 1 fully saturated rings. The van der Waals surface area contributed by atoms with Crippen molar-refractivity contribution in [3.05, 3.63) is 64.9 Å². The Morgan fingerprint density at radius 1 is 1.00 bits per heavy atom. The Balaban J connectivity index is 1.38. The summed E-state index contributed by atoms with van der Waals surface area (Å²) < 4.78 is 40.9. The zero-order valence-electron chi connectivity index (χ0n) is 15.7. The van der Waals surface area contributed by atoms with E-state index in [2.05, 4.69) is 14.5 Å². The number of para-hydroxylation sites is 1. The minimum atomic E-state index is -3.41. The minimum absolute atomic E-state index is 0.117. The van der Waals surface area contributed by atoms with Gasteiger partial charge >= 0.3 is 0 Å². The van der Waals surface area contributed by atoms with Crippen LogP contribution < -0.4 is 9.62 Å². The SMILES string of the molecule is O=S(=O)(Cc1ccccc1Cl)NCCCN1CCN(c2ccccc2F)CC1. The fraction of sp³-hybridized carbons (Fsp3) is 0.400. The van der Waals surface area contributed by atoms with Crippen LogP contribution in [0.3, 0.4) is 0 Å². The molecule has 0 bridgehead atoms. The lowest BCUT2D eigenvalue weighted by Gasteiger charge is -2.36. The molecule has 1 N–H and O–H groups in total. The molecule has 3 rings (SSSR count). The van der Waals surface area contributed by atoms with E-state index in [4.69, 9.17) is 11.6 Å². The Labute approximate surface area is 171 Å². The number of halogens is 2. The first kappa shape index (κ1) is 21.0. The van der Waals surface area contributed by atoms with Crippen molar-refractivity contribution >= 4 is 27.3 Å². The Kier molecular flexibility index (Phi) is 7.29. The Morgan fingerprint density at radius 3 is 2.39 bits per heavy atom. The fourth-order valence-electron chi connectivity index (χ4n) is 3.32. The second-order valence-electron chi connectivity index (χ2n) is 6.88. The van der Waals surface area contributed by atoms with Crippen molar-refractivity contribution in [3.8, 4) is 0 Å². The van der Waals surface area contributed by atoms with Gasteiger partial charge in [-0.1, -0.05) is 41.9 Å². The van der Waals surface area contributed by atoms with Gasteiger partial charge in [-0.3, -0.25) is 4.90 Å². The van der Waals surface area contributed by atoms with Gasteiger partial charge in [-0.15, -0.1) is 0 Å². The molecule has 2 aromatic carbocycles. The van der Waals surface area contributed by atoms with E-state index < -0.39 is 10.0 Å². The second-order valence-corrected chi connectivity index (χ2v) is 9.09. The van der Waals surface area contributed by atoms with Crippen LogP contribution in [0.15, 0.2) is 48.5 Å². The highest BCUT2D eigenvalue weighted by Crippen LogP contribution is 2.20. The number of nitrogens with zero attached hydrogens (tertiary/aromatic N) is 2. The summed E-state index contributed by atoms with van der Waals surface area (Å²) in [5, 5.41) is 0.459. The summed E-state index contributed by atoms with van der Waals surface area (Å²) in [5.74, 6) is -0.308. The van der Waals surface area contributed by atoms with Crippen LogP contribution in [0.5, 0.6) is 0 Å². The molecule has 0 unspecified atom stereocenters. The van der Waals surface area contributed by atoms with E-state index in [1.165, 1.54) is 6.07 Å². The van der Waals surface area contributed by atoms with Crippen LogP contribution in [-0.4, -0.2) is 52.6 Å². The third-order valence-electron chi connectivity index (χ3n) is 4.84. The lowest BCUT2D eigenvalue weighted by molar-refractivity contribution is 0.255. The van der Waals surface area contributed by atoms with Crippen molar-refractivity contribution in [1.29, 1.82) is 0 Å². The van der Waals surface area contributed by atoms with Gasteiger partial charge in [-0.05, 0) is 36.7 Å². The highest BCUT2D eigenvalue weighted by Gasteiger charge is 2.19. The summed E-state index contributed by atoms with van der Waals surface area (Å²) >= 11 is 6.03. The Hall–Kier alpha value is -1.67. The second kappa shape index (κ2) is 9.69. The summed E-state index contributed by atoms with van der Waals surface area (Å²) in [4.78, 5) is 4.33. The number of piperazine rings is 1. The molecule has 0 atom stereocenters. The predicted octanol–water partition coefficient (Wildman–Crippen LogP) is 3.11. The molecule has 0 amide bonds. The Morgan fingerprint density at radius 2 is 1.68 bits per heavy atom. The normalized spacial score (nSPS) is 15.7. The quantitative estimate of drug-likeness (QED) is 0.660. The zero-order valence-corrected chi connectivity index (χ0v) is 17.2. The third kappa shape index (κ3) is 5.91. The average molecular weight is 426 g/mol. The number of nitrogens with one attached hydrogen (secondary N) is 1. The minimum Gasteiger partial charge on any atom is -0.367 e. The smallest absolute Gasteiger partial charge is 0.215 e. The first-order valence-corrected chi connectivity index (χ1v) is 11.4. The van der Waals surface area contributed by atoms with Gasteiger partial charge < -0.3 is 4.90 Å². The van der Waals surface area contributed by atoms with Crippen molar-refractivity contribution in [3.63, 3.8) is 0 Å². The average Bonchev–Trinajstić information content (AvgIpc) is 2.68. The molecule has 8 heteroatoms. The van der Waals surface area contributed by atoms with Crippen molar-refractivity contribution < 1.29 is 12.8 Å². The first-order chi connectivity index (χ1) is 13.4. The molecule has 1 saturated heterocycles. The summed E-state index contributed by atoms with van der Waals surface area (Å²) in [5.41, 5.74) is 1.25. The van der Waals surface area contributed by atoms with Crippen molar-refractivity contribution in [2.45, 2.75) is 12.2 Å². The summed E-state index contributed by atoms with van der Waals surface area (Å²) in [6, 6.07) is 13.8. The van der Waals surface area contributed by atoms with Crippen LogP contribution in [0, 0.1) is 5.82 Å². The maximum Gasteiger partial charge on any atom is 0.215 e. The molecule has 0 aromatic heterocycles. The maximum absolute atomic E-state index is 13.9. The number of hydrogen-bond acceptors (Lipinski definition) is 4. The van der Waals surface area contributed by atoms with E-state index in [9.17, 15) is 12.8 Å². The molecule has 1 heterocycles. The van der Waals surface area contributed by atoms with E-state index in [1.54, 1.807) is 36.4 Å². The van der Waals surface area contributed by atoms with Crippen LogP contribution in [0.4, 0.5) is 10.1 Å². The van der Waals surface area contributed by atoms with Gasteiger partial charge in [-0.2, -0.15) is 0 Å². The van der Waals surface area contributed by atoms with Crippen molar-refractivity contribution in [2.75, 3.05) is 44.2 Å². The van der Waals surface area contributed by atoms with Gasteiger partial charge in [0.05, 0.1) is 11.4 Å². The van der Waals surface area contributed by atoms with Crippen LogP contribution >= 0.6 is 11.6 Å². The largest absolute Gasteiger partial charge is 0.367 e. The van der Waals surface area contributed by atoms with Gasteiger partial charge in [-0.25, -0.2) is 17.5 Å². The molecule has 152 valence electrons. The molecule has 0 spiro atoms. The molecule has 0 radical (unpaired) electrons. The van der Waals surface area contributed by atoms with Crippen LogP contribution in [0.2, 0.25) is 5.02 Å². The van der Waals surface area contributed by atoms with Gasteiger partial charge in [0.1, 0.15) is 5.82 Å².